The Kier molecular flexibility index (Phi) is 6.60. The summed E-state index contributed by atoms with van der Waals surface area (Å²) in [5.74, 6) is 7.21. The van der Waals surface area contributed by atoms with Crippen LogP contribution >= 0.6 is 0 Å². The molecule has 1 aromatic carbocycles. The maximum atomic E-state index is 10.0. The first-order valence-electron chi connectivity index (χ1n) is 10.7. The third kappa shape index (κ3) is 4.54. The van der Waals surface area contributed by atoms with Crippen molar-refractivity contribution in [2.45, 2.75) is 32.4 Å². The lowest BCUT2D eigenvalue weighted by Crippen LogP contribution is -2.28. The average Bonchev–Trinajstić information content (AvgIpc) is 3.39. The quantitative estimate of drug-likeness (QED) is 0.388. The molecule has 0 saturated carbocycles. The van der Waals surface area contributed by atoms with Crippen LogP contribution in [0, 0.1) is 11.8 Å². The number of methoxy groups -OCH3 is 1. The number of anilines is 3. The van der Waals surface area contributed by atoms with Crippen molar-refractivity contribution < 1.29 is 14.9 Å². The van der Waals surface area contributed by atoms with E-state index in [1.165, 1.54) is 0 Å². The second-order valence-corrected chi connectivity index (χ2v) is 8.18. The maximum Gasteiger partial charge on any atom is 0.228 e. The Balaban J connectivity index is 1.71. The third-order valence-electron chi connectivity index (χ3n) is 5.74. The molecule has 33 heavy (non-hydrogen) atoms. The molecule has 3 aromatic rings. The number of rotatable bonds is 8. The van der Waals surface area contributed by atoms with Gasteiger partial charge in [0.05, 0.1) is 43.4 Å². The standard InChI is InChI=1S/C24H28N6O3/c1-4-5-16-10-17(11-19-22(16)26-14-24(19,2)15-32)20-6-7-25-23(27-20)28-21-12-18(13-31)29-30(21)8-9-33-3/h6-7,10-12,26,31-32H,8-9,13-15H2,1-3H3,(H,25,27,28). The lowest BCUT2D eigenvalue weighted by Gasteiger charge is -2.21. The van der Waals surface area contributed by atoms with Gasteiger partial charge in [-0.15, -0.1) is 5.92 Å². The van der Waals surface area contributed by atoms with Crippen molar-refractivity contribution in [1.82, 2.24) is 19.7 Å². The summed E-state index contributed by atoms with van der Waals surface area (Å²) >= 11 is 0. The van der Waals surface area contributed by atoms with Crippen molar-refractivity contribution in [3.05, 3.63) is 47.3 Å². The Bertz CT molecular complexity index is 1210. The largest absolute Gasteiger partial charge is 0.395 e. The molecule has 1 unspecified atom stereocenters. The fourth-order valence-electron chi connectivity index (χ4n) is 3.90. The van der Waals surface area contributed by atoms with Gasteiger partial charge in [0.2, 0.25) is 5.95 Å². The van der Waals surface area contributed by atoms with Crippen molar-refractivity contribution in [1.29, 1.82) is 0 Å². The lowest BCUT2D eigenvalue weighted by molar-refractivity contribution is 0.183. The molecule has 9 nitrogen and oxygen atoms in total. The van der Waals surface area contributed by atoms with Gasteiger partial charge in [0.25, 0.3) is 0 Å². The van der Waals surface area contributed by atoms with Crippen LogP contribution < -0.4 is 10.6 Å². The average molecular weight is 449 g/mol. The zero-order valence-electron chi connectivity index (χ0n) is 19.0. The van der Waals surface area contributed by atoms with E-state index < -0.39 is 5.41 Å². The molecule has 1 aliphatic heterocycles. The van der Waals surface area contributed by atoms with Crippen LogP contribution in [-0.4, -0.2) is 56.8 Å². The summed E-state index contributed by atoms with van der Waals surface area (Å²) in [5.41, 5.74) is 4.64. The van der Waals surface area contributed by atoms with Gasteiger partial charge in [0, 0.05) is 42.5 Å². The molecule has 0 aliphatic carbocycles. The summed E-state index contributed by atoms with van der Waals surface area (Å²) in [5, 5.41) is 30.5. The summed E-state index contributed by atoms with van der Waals surface area (Å²) in [6, 6.07) is 7.67. The number of ether oxygens (including phenoxy) is 1. The van der Waals surface area contributed by atoms with E-state index in [1.54, 1.807) is 31.0 Å². The normalized spacial score (nSPS) is 16.6. The van der Waals surface area contributed by atoms with E-state index >= 15 is 0 Å². The van der Waals surface area contributed by atoms with Gasteiger partial charge in [-0.25, -0.2) is 14.6 Å². The van der Waals surface area contributed by atoms with E-state index in [0.717, 1.165) is 28.1 Å². The van der Waals surface area contributed by atoms with Crippen LogP contribution in [0.15, 0.2) is 30.5 Å². The fourth-order valence-corrected chi connectivity index (χ4v) is 3.90. The Morgan fingerprint density at radius 3 is 2.88 bits per heavy atom. The van der Waals surface area contributed by atoms with Crippen LogP contribution in [0.5, 0.6) is 0 Å². The molecule has 4 N–H and O–H groups in total. The fraction of sp³-hybridized carbons (Fsp3) is 0.375. The Morgan fingerprint density at radius 1 is 1.30 bits per heavy atom. The highest BCUT2D eigenvalue weighted by Gasteiger charge is 2.35. The van der Waals surface area contributed by atoms with Gasteiger partial charge in [-0.2, -0.15) is 5.10 Å². The molecule has 9 heteroatoms. The summed E-state index contributed by atoms with van der Waals surface area (Å²) in [4.78, 5) is 9.06. The molecule has 1 atom stereocenters. The van der Waals surface area contributed by atoms with Gasteiger partial charge in [0.15, 0.2) is 0 Å². The molecule has 0 saturated heterocycles. The van der Waals surface area contributed by atoms with E-state index in [0.29, 0.717) is 37.2 Å². The van der Waals surface area contributed by atoms with Gasteiger partial charge in [-0.3, -0.25) is 0 Å². The first kappa shape index (κ1) is 22.7. The summed E-state index contributed by atoms with van der Waals surface area (Å²) in [6.45, 7) is 5.36. The topological polar surface area (TPSA) is 117 Å². The molecular weight excluding hydrogens is 420 g/mol. The second kappa shape index (κ2) is 9.58. The first-order chi connectivity index (χ1) is 16.0. The highest BCUT2D eigenvalue weighted by Crippen LogP contribution is 2.41. The minimum absolute atomic E-state index is 0.0324. The van der Waals surface area contributed by atoms with Crippen molar-refractivity contribution in [2.75, 3.05) is 37.5 Å². The monoisotopic (exact) mass is 448 g/mol. The van der Waals surface area contributed by atoms with Crippen LogP contribution in [0.25, 0.3) is 11.3 Å². The van der Waals surface area contributed by atoms with Gasteiger partial charge in [0.1, 0.15) is 5.82 Å². The SMILES string of the molecule is CC#Cc1cc(-c2ccnc(Nc3cc(CO)nn3CCOC)n2)cc2c1NCC2(C)CO. The van der Waals surface area contributed by atoms with Gasteiger partial charge < -0.3 is 25.6 Å². The molecule has 3 heterocycles. The molecule has 0 spiro atoms. The molecule has 4 rings (SSSR count). The van der Waals surface area contributed by atoms with Gasteiger partial charge in [-0.1, -0.05) is 12.8 Å². The Morgan fingerprint density at radius 2 is 2.15 bits per heavy atom. The molecule has 0 fully saturated rings. The minimum atomic E-state index is -0.391. The van der Waals surface area contributed by atoms with Gasteiger partial charge in [-0.05, 0) is 30.7 Å². The number of benzene rings is 1. The van der Waals surface area contributed by atoms with Crippen LogP contribution in [0.4, 0.5) is 17.5 Å². The zero-order chi connectivity index (χ0) is 23.4. The number of fused-ring (bicyclic) bond motifs is 1. The van der Waals surface area contributed by atoms with E-state index in [1.807, 2.05) is 19.1 Å². The smallest absolute Gasteiger partial charge is 0.228 e. The van der Waals surface area contributed by atoms with Crippen molar-refractivity contribution in [2.24, 2.45) is 0 Å². The number of hydrogen-bond acceptors (Lipinski definition) is 8. The predicted octanol–water partition coefficient (Wildman–Crippen LogP) is 2.27. The minimum Gasteiger partial charge on any atom is -0.395 e. The van der Waals surface area contributed by atoms with E-state index in [2.05, 4.69) is 38.6 Å². The third-order valence-corrected chi connectivity index (χ3v) is 5.74. The van der Waals surface area contributed by atoms with Crippen molar-refractivity contribution >= 4 is 17.5 Å². The number of aromatic nitrogens is 4. The van der Waals surface area contributed by atoms with Crippen molar-refractivity contribution in [3.8, 4) is 23.1 Å². The molecule has 1 aliphatic rings. The number of aliphatic hydroxyl groups is 2. The Hall–Kier alpha value is -3.45. The predicted molar refractivity (Wildman–Crippen MR) is 126 cm³/mol. The number of aliphatic hydroxyl groups excluding tert-OH is 2. The van der Waals surface area contributed by atoms with Crippen LogP contribution in [0.1, 0.15) is 30.7 Å². The summed E-state index contributed by atoms with van der Waals surface area (Å²) in [6.07, 6.45) is 1.69. The Labute approximate surface area is 192 Å². The van der Waals surface area contributed by atoms with Crippen LogP contribution in [-0.2, 0) is 23.3 Å². The lowest BCUT2D eigenvalue weighted by atomic mass is 9.83. The van der Waals surface area contributed by atoms with E-state index in [-0.39, 0.29) is 13.2 Å². The number of nitrogens with zero attached hydrogens (tertiary/aromatic N) is 4. The first-order valence-corrected chi connectivity index (χ1v) is 10.7. The molecular formula is C24H28N6O3. The summed E-state index contributed by atoms with van der Waals surface area (Å²) < 4.78 is 6.86. The van der Waals surface area contributed by atoms with Gasteiger partial charge >= 0.3 is 0 Å². The molecule has 0 radical (unpaired) electrons. The maximum absolute atomic E-state index is 10.0. The zero-order valence-corrected chi connectivity index (χ0v) is 19.0. The molecule has 0 amide bonds. The highest BCUT2D eigenvalue weighted by atomic mass is 16.5. The molecule has 172 valence electrons. The summed E-state index contributed by atoms with van der Waals surface area (Å²) in [7, 11) is 1.63. The number of nitrogens with one attached hydrogen (secondary N) is 2. The van der Waals surface area contributed by atoms with Crippen LogP contribution in [0.3, 0.4) is 0 Å². The van der Waals surface area contributed by atoms with E-state index in [4.69, 9.17) is 9.72 Å². The molecule has 0 bridgehead atoms. The second-order valence-electron chi connectivity index (χ2n) is 8.18. The number of hydrogen-bond donors (Lipinski definition) is 4. The molecule has 2 aromatic heterocycles. The van der Waals surface area contributed by atoms with Crippen molar-refractivity contribution in [3.63, 3.8) is 0 Å². The highest BCUT2D eigenvalue weighted by molar-refractivity contribution is 5.77. The van der Waals surface area contributed by atoms with E-state index in [9.17, 15) is 10.2 Å². The van der Waals surface area contributed by atoms with Crippen LogP contribution in [0.2, 0.25) is 0 Å².